The van der Waals surface area contributed by atoms with Gasteiger partial charge in [-0.1, -0.05) is 0 Å². The molecule has 0 bridgehead atoms. The smallest absolute Gasteiger partial charge is 0.148 e. The van der Waals surface area contributed by atoms with Crippen molar-refractivity contribution in [3.63, 3.8) is 0 Å². The number of aromatic nitrogens is 4. The number of nitrogens with zero attached hydrogens (tertiary/aromatic N) is 4. The zero-order chi connectivity index (χ0) is 9.64. The van der Waals surface area contributed by atoms with Crippen LogP contribution in [0.2, 0.25) is 0 Å². The van der Waals surface area contributed by atoms with Crippen molar-refractivity contribution in [1.29, 1.82) is 0 Å². The molecule has 0 spiro atoms. The van der Waals surface area contributed by atoms with Crippen molar-refractivity contribution in [1.82, 2.24) is 20.0 Å². The number of anilines is 1. The number of nitrogens with one attached hydrogen (secondary N) is 1. The average Bonchev–Trinajstić information content (AvgIpc) is 2.72. The van der Waals surface area contributed by atoms with Crippen LogP contribution in [0.1, 0.15) is 0 Å². The predicted octanol–water partition coefficient (Wildman–Crippen LogP) is 0.785. The molecule has 14 heavy (non-hydrogen) atoms. The minimum absolute atomic E-state index is 0.791. The molecule has 2 heterocycles. The second kappa shape index (κ2) is 4.36. The maximum Gasteiger partial charge on any atom is 0.148 e. The van der Waals surface area contributed by atoms with Gasteiger partial charge in [0.15, 0.2) is 0 Å². The highest BCUT2D eigenvalue weighted by molar-refractivity contribution is 5.30. The third-order valence-corrected chi connectivity index (χ3v) is 1.78. The first kappa shape index (κ1) is 8.68. The topological polar surface area (TPSA) is 55.6 Å². The highest BCUT2D eigenvalue weighted by Crippen LogP contribution is 1.96. The van der Waals surface area contributed by atoms with Gasteiger partial charge in [-0.05, 0) is 18.2 Å². The molecule has 0 aromatic carbocycles. The molecule has 0 fully saturated rings. The van der Waals surface area contributed by atoms with E-state index >= 15 is 0 Å². The standard InChI is InChI=1S/C9H11N5/c1-3-9(13-11-4-1)10-6-8-14-7-2-5-12-14/h1-5,7H,6,8H2,(H,10,13). The van der Waals surface area contributed by atoms with Crippen molar-refractivity contribution in [2.45, 2.75) is 6.54 Å². The van der Waals surface area contributed by atoms with Gasteiger partial charge in [0, 0.05) is 25.1 Å². The fourth-order valence-corrected chi connectivity index (χ4v) is 1.13. The quantitative estimate of drug-likeness (QED) is 0.772. The van der Waals surface area contributed by atoms with Crippen LogP contribution >= 0.6 is 0 Å². The molecule has 5 nitrogen and oxygen atoms in total. The maximum atomic E-state index is 4.09. The summed E-state index contributed by atoms with van der Waals surface area (Å²) in [6.07, 6.45) is 5.35. The summed E-state index contributed by atoms with van der Waals surface area (Å²) in [5, 5.41) is 14.9. The summed E-state index contributed by atoms with van der Waals surface area (Å²) in [7, 11) is 0. The summed E-state index contributed by atoms with van der Waals surface area (Å²) in [4.78, 5) is 0. The van der Waals surface area contributed by atoms with E-state index in [2.05, 4.69) is 20.6 Å². The van der Waals surface area contributed by atoms with Crippen LogP contribution in [0.3, 0.4) is 0 Å². The minimum Gasteiger partial charge on any atom is -0.367 e. The van der Waals surface area contributed by atoms with E-state index in [1.807, 2.05) is 29.1 Å². The van der Waals surface area contributed by atoms with Crippen LogP contribution in [0.5, 0.6) is 0 Å². The predicted molar refractivity (Wildman–Crippen MR) is 52.7 cm³/mol. The lowest BCUT2D eigenvalue weighted by Gasteiger charge is -2.03. The summed E-state index contributed by atoms with van der Waals surface area (Å²) >= 11 is 0. The largest absolute Gasteiger partial charge is 0.367 e. The molecule has 0 aliphatic heterocycles. The first-order valence-electron chi connectivity index (χ1n) is 4.44. The number of hydrogen-bond acceptors (Lipinski definition) is 4. The summed E-state index contributed by atoms with van der Waals surface area (Å²) in [6.45, 7) is 1.62. The highest BCUT2D eigenvalue weighted by Gasteiger charge is 1.92. The molecule has 0 aliphatic carbocycles. The van der Waals surface area contributed by atoms with E-state index in [-0.39, 0.29) is 0 Å². The SMILES string of the molecule is c1cnnc(NCCn2cccn2)c1. The van der Waals surface area contributed by atoms with Crippen LogP contribution in [0.25, 0.3) is 0 Å². The fourth-order valence-electron chi connectivity index (χ4n) is 1.13. The Morgan fingerprint density at radius 1 is 1.29 bits per heavy atom. The summed E-state index contributed by atoms with van der Waals surface area (Å²) < 4.78 is 1.86. The van der Waals surface area contributed by atoms with E-state index in [9.17, 15) is 0 Å². The van der Waals surface area contributed by atoms with E-state index in [1.165, 1.54) is 0 Å². The van der Waals surface area contributed by atoms with Gasteiger partial charge in [-0.2, -0.15) is 10.2 Å². The molecule has 0 unspecified atom stereocenters. The van der Waals surface area contributed by atoms with E-state index in [4.69, 9.17) is 0 Å². The lowest BCUT2D eigenvalue weighted by molar-refractivity contribution is 0.636. The van der Waals surface area contributed by atoms with E-state index < -0.39 is 0 Å². The van der Waals surface area contributed by atoms with Crippen molar-refractivity contribution in [2.75, 3.05) is 11.9 Å². The third kappa shape index (κ3) is 2.29. The Hall–Kier alpha value is -1.91. The normalized spacial score (nSPS) is 10.0. The van der Waals surface area contributed by atoms with E-state index in [0.717, 1.165) is 18.9 Å². The Kier molecular flexibility index (Phi) is 2.70. The molecular formula is C9H11N5. The van der Waals surface area contributed by atoms with Crippen molar-refractivity contribution in [3.8, 4) is 0 Å². The second-order valence-corrected chi connectivity index (χ2v) is 2.80. The number of hydrogen-bond donors (Lipinski definition) is 1. The average molecular weight is 189 g/mol. The van der Waals surface area contributed by atoms with Gasteiger partial charge in [0.1, 0.15) is 5.82 Å². The van der Waals surface area contributed by atoms with Gasteiger partial charge in [-0.15, -0.1) is 5.10 Å². The van der Waals surface area contributed by atoms with Crippen LogP contribution in [0.4, 0.5) is 5.82 Å². The summed E-state index contributed by atoms with van der Waals surface area (Å²) in [6, 6.07) is 5.64. The first-order chi connectivity index (χ1) is 6.95. The van der Waals surface area contributed by atoms with Crippen LogP contribution in [0, 0.1) is 0 Å². The maximum absolute atomic E-state index is 4.09. The summed E-state index contributed by atoms with van der Waals surface area (Å²) in [5.74, 6) is 0.791. The van der Waals surface area contributed by atoms with Crippen LogP contribution in [0.15, 0.2) is 36.8 Å². The van der Waals surface area contributed by atoms with Gasteiger partial charge in [0.25, 0.3) is 0 Å². The van der Waals surface area contributed by atoms with Gasteiger partial charge in [-0.25, -0.2) is 0 Å². The van der Waals surface area contributed by atoms with Gasteiger partial charge >= 0.3 is 0 Å². The molecule has 5 heteroatoms. The Morgan fingerprint density at radius 2 is 2.29 bits per heavy atom. The molecular weight excluding hydrogens is 178 g/mol. The Labute approximate surface area is 81.8 Å². The zero-order valence-corrected chi connectivity index (χ0v) is 7.67. The van der Waals surface area contributed by atoms with Crippen LogP contribution in [-0.4, -0.2) is 26.5 Å². The highest BCUT2D eigenvalue weighted by atomic mass is 15.3. The van der Waals surface area contributed by atoms with Gasteiger partial charge in [0.05, 0.1) is 6.54 Å². The Balaban J connectivity index is 1.79. The van der Waals surface area contributed by atoms with Crippen LogP contribution < -0.4 is 5.32 Å². The molecule has 1 N–H and O–H groups in total. The molecule has 72 valence electrons. The van der Waals surface area contributed by atoms with Crippen molar-refractivity contribution in [2.24, 2.45) is 0 Å². The second-order valence-electron chi connectivity index (χ2n) is 2.80. The number of rotatable bonds is 4. The molecule has 0 aliphatic rings. The Bertz CT molecular complexity index is 356. The zero-order valence-electron chi connectivity index (χ0n) is 7.67. The Morgan fingerprint density at radius 3 is 3.00 bits per heavy atom. The van der Waals surface area contributed by atoms with E-state index in [0.29, 0.717) is 0 Å². The molecule has 0 amide bonds. The lowest BCUT2D eigenvalue weighted by atomic mass is 10.5. The minimum atomic E-state index is 0.791. The monoisotopic (exact) mass is 189 g/mol. The lowest BCUT2D eigenvalue weighted by Crippen LogP contribution is -2.11. The van der Waals surface area contributed by atoms with Crippen molar-refractivity contribution in [3.05, 3.63) is 36.8 Å². The molecule has 0 saturated heterocycles. The molecule has 2 rings (SSSR count). The van der Waals surface area contributed by atoms with Crippen LogP contribution in [-0.2, 0) is 6.54 Å². The van der Waals surface area contributed by atoms with Gasteiger partial charge in [0.2, 0.25) is 0 Å². The molecule has 0 radical (unpaired) electrons. The van der Waals surface area contributed by atoms with Crippen molar-refractivity contribution >= 4 is 5.82 Å². The molecule has 2 aromatic rings. The first-order valence-corrected chi connectivity index (χ1v) is 4.44. The van der Waals surface area contributed by atoms with Gasteiger partial charge < -0.3 is 5.32 Å². The molecule has 2 aromatic heterocycles. The molecule has 0 saturated carbocycles. The molecule has 0 atom stereocenters. The van der Waals surface area contributed by atoms with E-state index in [1.54, 1.807) is 12.4 Å². The summed E-state index contributed by atoms with van der Waals surface area (Å²) in [5.41, 5.74) is 0. The van der Waals surface area contributed by atoms with Gasteiger partial charge in [-0.3, -0.25) is 4.68 Å². The fraction of sp³-hybridized carbons (Fsp3) is 0.222. The van der Waals surface area contributed by atoms with Crippen molar-refractivity contribution < 1.29 is 0 Å². The third-order valence-electron chi connectivity index (χ3n) is 1.78.